The van der Waals surface area contributed by atoms with Crippen LogP contribution in [0.1, 0.15) is 17.6 Å². The van der Waals surface area contributed by atoms with E-state index in [1.807, 2.05) is 6.92 Å². The minimum atomic E-state index is -4.45. The fourth-order valence-electron chi connectivity index (χ4n) is 1.52. The minimum absolute atomic E-state index is 0.0812. The number of thiazole rings is 1. The van der Waals surface area contributed by atoms with Crippen molar-refractivity contribution < 1.29 is 22.7 Å². The molecular weight excluding hydrogens is 347 g/mol. The Hall–Kier alpha value is -1.88. The van der Waals surface area contributed by atoms with Crippen molar-refractivity contribution in [2.24, 2.45) is 4.99 Å². The highest BCUT2D eigenvalue weighted by Crippen LogP contribution is 2.29. The van der Waals surface area contributed by atoms with E-state index in [9.17, 15) is 18.0 Å². The topological polar surface area (TPSA) is 87.6 Å². The fraction of sp³-hybridized carbons (Fsp3) is 0.615. The molecule has 0 saturated heterocycles. The molecular formula is C13H20F3N5O2S. The Balaban J connectivity index is 2.51. The molecule has 0 saturated carbocycles. The number of ether oxygens (including phenoxy) is 1. The number of aromatic nitrogens is 1. The lowest BCUT2D eigenvalue weighted by atomic mass is 10.5. The Morgan fingerprint density at radius 1 is 1.38 bits per heavy atom. The van der Waals surface area contributed by atoms with Gasteiger partial charge in [0.05, 0.1) is 13.2 Å². The molecule has 1 heterocycles. The molecule has 1 aromatic rings. The van der Waals surface area contributed by atoms with E-state index in [1.54, 1.807) is 0 Å². The molecule has 0 bridgehead atoms. The second-order valence-electron chi connectivity index (χ2n) is 4.52. The lowest BCUT2D eigenvalue weighted by Gasteiger charge is -2.10. The zero-order valence-corrected chi connectivity index (χ0v) is 14.2. The Bertz CT molecular complexity index is 548. The number of carbonyl (C=O) groups excluding carboxylic acids is 1. The highest BCUT2D eigenvalue weighted by Gasteiger charge is 2.33. The standard InChI is InChI=1S/C13H20F3N5O2S/c1-3-17-12(19-6-10(22)18-4-5-23-2)20-7-11-21-9(8-24-11)13(14,15)16/h8H,3-7H2,1-2H3,(H,18,22)(H2,17,19,20). The van der Waals surface area contributed by atoms with Crippen molar-refractivity contribution in [1.82, 2.24) is 20.9 Å². The molecule has 0 atom stereocenters. The van der Waals surface area contributed by atoms with Crippen LogP contribution in [0, 0.1) is 0 Å². The van der Waals surface area contributed by atoms with E-state index in [0.29, 0.717) is 25.7 Å². The van der Waals surface area contributed by atoms with Crippen molar-refractivity contribution in [1.29, 1.82) is 0 Å². The highest BCUT2D eigenvalue weighted by molar-refractivity contribution is 7.09. The van der Waals surface area contributed by atoms with E-state index >= 15 is 0 Å². The second kappa shape index (κ2) is 10.1. The van der Waals surface area contributed by atoms with Gasteiger partial charge in [0.25, 0.3) is 0 Å². The average Bonchev–Trinajstić information content (AvgIpc) is 2.99. The summed E-state index contributed by atoms with van der Waals surface area (Å²) in [4.78, 5) is 19.1. The van der Waals surface area contributed by atoms with E-state index in [2.05, 4.69) is 25.9 Å². The lowest BCUT2D eigenvalue weighted by Crippen LogP contribution is -2.38. The number of aliphatic imine (C=N–C) groups is 1. The molecule has 0 unspecified atom stereocenters. The third-order valence-corrected chi connectivity index (χ3v) is 3.45. The minimum Gasteiger partial charge on any atom is -0.383 e. The van der Waals surface area contributed by atoms with Crippen molar-refractivity contribution in [3.8, 4) is 0 Å². The summed E-state index contributed by atoms with van der Waals surface area (Å²) in [6, 6.07) is 0. The number of guanidine groups is 1. The Morgan fingerprint density at radius 3 is 2.71 bits per heavy atom. The van der Waals surface area contributed by atoms with E-state index in [0.717, 1.165) is 16.7 Å². The number of carbonyl (C=O) groups is 1. The smallest absolute Gasteiger partial charge is 0.383 e. The van der Waals surface area contributed by atoms with Crippen LogP contribution in [0.25, 0.3) is 0 Å². The Labute approximate surface area is 141 Å². The van der Waals surface area contributed by atoms with Crippen molar-refractivity contribution in [3.63, 3.8) is 0 Å². The number of alkyl halides is 3. The maximum absolute atomic E-state index is 12.5. The summed E-state index contributed by atoms with van der Waals surface area (Å²) in [5.74, 6) is 0.0426. The molecule has 1 aromatic heterocycles. The highest BCUT2D eigenvalue weighted by atomic mass is 32.1. The maximum Gasteiger partial charge on any atom is 0.434 e. The van der Waals surface area contributed by atoms with Crippen LogP contribution < -0.4 is 16.0 Å². The summed E-state index contributed by atoms with van der Waals surface area (Å²) in [6.45, 7) is 3.14. The van der Waals surface area contributed by atoms with Crippen LogP contribution in [-0.4, -0.2) is 50.2 Å². The number of nitrogens with one attached hydrogen (secondary N) is 3. The van der Waals surface area contributed by atoms with Crippen LogP contribution in [0.2, 0.25) is 0 Å². The first kappa shape index (κ1) is 20.2. The third kappa shape index (κ3) is 7.59. The maximum atomic E-state index is 12.5. The fourth-order valence-corrected chi connectivity index (χ4v) is 2.26. The van der Waals surface area contributed by atoms with Crippen LogP contribution in [0.5, 0.6) is 0 Å². The van der Waals surface area contributed by atoms with Crippen molar-refractivity contribution >= 4 is 23.2 Å². The van der Waals surface area contributed by atoms with Gasteiger partial charge in [-0.3, -0.25) is 4.79 Å². The summed E-state index contributed by atoms with van der Waals surface area (Å²) >= 11 is 0.905. The molecule has 0 aliphatic carbocycles. The molecule has 136 valence electrons. The van der Waals surface area contributed by atoms with Crippen molar-refractivity contribution in [3.05, 3.63) is 16.1 Å². The summed E-state index contributed by atoms with van der Waals surface area (Å²) < 4.78 is 42.3. The summed E-state index contributed by atoms with van der Waals surface area (Å²) in [5.41, 5.74) is -0.913. The SMILES string of the molecule is CCNC(=NCC(=O)NCCOC)NCc1nc(C(F)(F)F)cs1. The van der Waals surface area contributed by atoms with Gasteiger partial charge in [0.2, 0.25) is 5.91 Å². The molecule has 0 aromatic carbocycles. The predicted octanol–water partition coefficient (Wildman–Crippen LogP) is 0.980. The summed E-state index contributed by atoms with van der Waals surface area (Å²) in [7, 11) is 1.53. The molecule has 0 aliphatic rings. The van der Waals surface area contributed by atoms with Crippen molar-refractivity contribution in [2.75, 3.05) is 33.4 Å². The van der Waals surface area contributed by atoms with E-state index in [-0.39, 0.29) is 24.0 Å². The van der Waals surface area contributed by atoms with Gasteiger partial charge in [0.15, 0.2) is 11.7 Å². The third-order valence-electron chi connectivity index (χ3n) is 2.60. The van der Waals surface area contributed by atoms with Gasteiger partial charge in [0.1, 0.15) is 11.6 Å². The molecule has 0 fully saturated rings. The van der Waals surface area contributed by atoms with Crippen LogP contribution in [0.4, 0.5) is 13.2 Å². The van der Waals surface area contributed by atoms with E-state index in [4.69, 9.17) is 4.74 Å². The summed E-state index contributed by atoms with van der Waals surface area (Å²) in [5, 5.41) is 9.59. The van der Waals surface area contributed by atoms with Gasteiger partial charge in [-0.2, -0.15) is 13.2 Å². The van der Waals surface area contributed by atoms with Gasteiger partial charge >= 0.3 is 6.18 Å². The van der Waals surface area contributed by atoms with Crippen LogP contribution in [-0.2, 0) is 22.3 Å². The number of nitrogens with zero attached hydrogens (tertiary/aromatic N) is 2. The van der Waals surface area contributed by atoms with Crippen LogP contribution >= 0.6 is 11.3 Å². The molecule has 3 N–H and O–H groups in total. The van der Waals surface area contributed by atoms with Crippen LogP contribution in [0.15, 0.2) is 10.4 Å². The quantitative estimate of drug-likeness (QED) is 0.362. The normalized spacial score (nSPS) is 12.1. The Morgan fingerprint density at radius 2 is 2.12 bits per heavy atom. The van der Waals surface area contributed by atoms with Gasteiger partial charge in [-0.15, -0.1) is 11.3 Å². The average molecular weight is 367 g/mol. The molecule has 1 rings (SSSR count). The van der Waals surface area contributed by atoms with Gasteiger partial charge in [-0.25, -0.2) is 9.98 Å². The molecule has 0 aliphatic heterocycles. The number of rotatable bonds is 8. The van der Waals surface area contributed by atoms with Crippen molar-refractivity contribution in [2.45, 2.75) is 19.6 Å². The first-order valence-corrected chi connectivity index (χ1v) is 8.04. The second-order valence-corrected chi connectivity index (χ2v) is 5.46. The molecule has 7 nitrogen and oxygen atoms in total. The largest absolute Gasteiger partial charge is 0.434 e. The van der Waals surface area contributed by atoms with Gasteiger partial charge < -0.3 is 20.7 Å². The first-order chi connectivity index (χ1) is 11.4. The number of halogens is 3. The van der Waals surface area contributed by atoms with Crippen LogP contribution in [0.3, 0.4) is 0 Å². The first-order valence-electron chi connectivity index (χ1n) is 7.16. The monoisotopic (exact) mass is 367 g/mol. The van der Waals surface area contributed by atoms with E-state index in [1.165, 1.54) is 7.11 Å². The molecule has 0 radical (unpaired) electrons. The van der Waals surface area contributed by atoms with Gasteiger partial charge in [0, 0.05) is 25.6 Å². The van der Waals surface area contributed by atoms with Gasteiger partial charge in [-0.1, -0.05) is 0 Å². The van der Waals surface area contributed by atoms with E-state index < -0.39 is 11.9 Å². The predicted molar refractivity (Wildman–Crippen MR) is 84.8 cm³/mol. The zero-order chi connectivity index (χ0) is 18.0. The van der Waals surface area contributed by atoms with Gasteiger partial charge in [-0.05, 0) is 6.92 Å². The number of hydrogen-bond donors (Lipinski definition) is 3. The number of hydrogen-bond acceptors (Lipinski definition) is 5. The Kier molecular flexibility index (Phi) is 8.47. The molecule has 11 heteroatoms. The summed E-state index contributed by atoms with van der Waals surface area (Å²) in [6.07, 6.45) is -4.45. The lowest BCUT2D eigenvalue weighted by molar-refractivity contribution is -0.140. The number of amides is 1. The molecule has 0 spiro atoms. The zero-order valence-electron chi connectivity index (χ0n) is 13.4. The number of methoxy groups -OCH3 is 1. The molecule has 24 heavy (non-hydrogen) atoms. The molecule has 1 amide bonds.